The molecule has 0 radical (unpaired) electrons. The van der Waals surface area contributed by atoms with Crippen LogP contribution in [0, 0.1) is 0 Å². The van der Waals surface area contributed by atoms with Gasteiger partial charge in [-0.25, -0.2) is 0 Å². The molecule has 0 amide bonds. The standard InChI is InChI=1S/C3H6N4/c1-3(5-2)6-7-4/h1-2H3/b5-3-. The minimum Gasteiger partial charge on any atom is -0.291 e. The number of amidine groups is 1. The van der Waals surface area contributed by atoms with Crippen LogP contribution in [0.25, 0.3) is 10.4 Å². The lowest BCUT2D eigenvalue weighted by Gasteiger charge is -1.76. The molecule has 0 aromatic rings. The molecule has 4 heteroatoms. The fourth-order valence-electron chi connectivity index (χ4n) is 0.109. The van der Waals surface area contributed by atoms with Crippen LogP contribution in [-0.2, 0) is 0 Å². The van der Waals surface area contributed by atoms with Gasteiger partial charge in [0.1, 0.15) is 0 Å². The Hall–Kier alpha value is -1.02. The second-order valence-electron chi connectivity index (χ2n) is 0.960. The third-order valence-electron chi connectivity index (χ3n) is 0.513. The summed E-state index contributed by atoms with van der Waals surface area (Å²) in [5, 5.41) is 3.17. The third-order valence-corrected chi connectivity index (χ3v) is 0.513. The molecule has 0 rings (SSSR count). The number of nitrogens with zero attached hydrogens (tertiary/aromatic N) is 4. The van der Waals surface area contributed by atoms with Gasteiger partial charge in [0.25, 0.3) is 0 Å². The molecule has 0 aliphatic heterocycles. The Labute approximate surface area is 41.5 Å². The topological polar surface area (TPSA) is 61.1 Å². The number of azide groups is 1. The number of rotatable bonds is 0. The Morgan fingerprint density at radius 1 is 1.71 bits per heavy atom. The van der Waals surface area contributed by atoms with Crippen LogP contribution >= 0.6 is 0 Å². The first-order chi connectivity index (χ1) is 3.31. The summed E-state index contributed by atoms with van der Waals surface area (Å²) in [5.41, 5.74) is 7.75. The van der Waals surface area contributed by atoms with Gasteiger partial charge in [-0.05, 0) is 17.6 Å². The number of hydrogen-bond donors (Lipinski definition) is 0. The van der Waals surface area contributed by atoms with Crippen molar-refractivity contribution in [2.24, 2.45) is 10.1 Å². The normalized spacial score (nSPS) is 10.3. The summed E-state index contributed by atoms with van der Waals surface area (Å²) in [6.07, 6.45) is 0. The predicted octanol–water partition coefficient (Wildman–Crippen LogP) is 1.34. The highest BCUT2D eigenvalue weighted by molar-refractivity contribution is 5.79. The Morgan fingerprint density at radius 3 is 2.43 bits per heavy atom. The van der Waals surface area contributed by atoms with Gasteiger partial charge in [-0.3, -0.25) is 4.99 Å². The van der Waals surface area contributed by atoms with Crippen LogP contribution in [-0.4, -0.2) is 12.9 Å². The highest BCUT2D eigenvalue weighted by atomic mass is 15.2. The van der Waals surface area contributed by atoms with Crippen LogP contribution in [0.3, 0.4) is 0 Å². The molecular formula is C3H6N4. The SMILES string of the molecule is C/N=C(/C)N=[N+]=[N-]. The van der Waals surface area contributed by atoms with Crippen LogP contribution in [0.1, 0.15) is 6.92 Å². The zero-order valence-electron chi connectivity index (χ0n) is 4.29. The molecule has 0 aromatic carbocycles. The smallest absolute Gasteiger partial charge is 0.0946 e. The van der Waals surface area contributed by atoms with Crippen LogP contribution < -0.4 is 0 Å². The molecule has 0 aliphatic carbocycles. The Bertz CT molecular complexity index is 119. The monoisotopic (exact) mass is 98.1 g/mol. The zero-order chi connectivity index (χ0) is 5.70. The summed E-state index contributed by atoms with van der Waals surface area (Å²) in [6.45, 7) is 1.64. The van der Waals surface area contributed by atoms with Gasteiger partial charge in [0.05, 0.1) is 5.84 Å². The zero-order valence-corrected chi connectivity index (χ0v) is 4.29. The van der Waals surface area contributed by atoms with E-state index in [-0.39, 0.29) is 0 Å². The van der Waals surface area contributed by atoms with E-state index in [1.807, 2.05) is 0 Å². The molecule has 0 saturated heterocycles. The van der Waals surface area contributed by atoms with Crippen LogP contribution in [0.4, 0.5) is 0 Å². The van der Waals surface area contributed by atoms with Crippen molar-refractivity contribution in [1.29, 1.82) is 0 Å². The fraction of sp³-hybridized carbons (Fsp3) is 0.667. The molecule has 0 bridgehead atoms. The minimum atomic E-state index is 0.461. The molecule has 7 heavy (non-hydrogen) atoms. The summed E-state index contributed by atoms with van der Waals surface area (Å²) in [5.74, 6) is 0.461. The van der Waals surface area contributed by atoms with E-state index in [1.165, 1.54) is 0 Å². The average molecular weight is 98.1 g/mol. The largest absolute Gasteiger partial charge is 0.291 e. The van der Waals surface area contributed by atoms with Crippen molar-refractivity contribution in [3.8, 4) is 0 Å². The summed E-state index contributed by atoms with van der Waals surface area (Å²) in [4.78, 5) is 6.08. The molecule has 0 heterocycles. The molecule has 0 unspecified atom stereocenters. The minimum absolute atomic E-state index is 0.461. The van der Waals surface area contributed by atoms with Crippen molar-refractivity contribution in [2.75, 3.05) is 7.05 Å². The van der Waals surface area contributed by atoms with Gasteiger partial charge in [-0.15, -0.1) is 0 Å². The second-order valence-corrected chi connectivity index (χ2v) is 0.960. The van der Waals surface area contributed by atoms with Gasteiger partial charge >= 0.3 is 0 Å². The van der Waals surface area contributed by atoms with Crippen LogP contribution in [0.15, 0.2) is 10.1 Å². The Morgan fingerprint density at radius 2 is 2.29 bits per heavy atom. The van der Waals surface area contributed by atoms with Crippen molar-refractivity contribution in [3.05, 3.63) is 10.4 Å². The van der Waals surface area contributed by atoms with Crippen LogP contribution in [0.5, 0.6) is 0 Å². The summed E-state index contributed by atoms with van der Waals surface area (Å²) in [7, 11) is 1.57. The van der Waals surface area contributed by atoms with E-state index in [0.29, 0.717) is 5.84 Å². The van der Waals surface area contributed by atoms with E-state index in [1.54, 1.807) is 14.0 Å². The summed E-state index contributed by atoms with van der Waals surface area (Å²) in [6, 6.07) is 0. The first kappa shape index (κ1) is 5.98. The molecule has 0 saturated carbocycles. The number of aliphatic imine (C=N–C) groups is 1. The third kappa shape index (κ3) is 2.79. The van der Waals surface area contributed by atoms with Gasteiger partial charge in [0.2, 0.25) is 0 Å². The fourth-order valence-corrected chi connectivity index (χ4v) is 0.109. The van der Waals surface area contributed by atoms with Crippen molar-refractivity contribution < 1.29 is 0 Å². The first-order valence-electron chi connectivity index (χ1n) is 1.79. The van der Waals surface area contributed by atoms with Crippen molar-refractivity contribution in [1.82, 2.24) is 0 Å². The van der Waals surface area contributed by atoms with Gasteiger partial charge in [-0.1, -0.05) is 0 Å². The van der Waals surface area contributed by atoms with E-state index in [4.69, 9.17) is 5.53 Å². The molecule has 0 fully saturated rings. The maximum absolute atomic E-state index is 7.75. The summed E-state index contributed by atoms with van der Waals surface area (Å²) < 4.78 is 0. The predicted molar refractivity (Wildman–Crippen MR) is 28.2 cm³/mol. The molecule has 0 N–H and O–H groups in total. The molecule has 0 aromatic heterocycles. The molecule has 38 valence electrons. The Kier molecular flexibility index (Phi) is 2.72. The van der Waals surface area contributed by atoms with Crippen molar-refractivity contribution >= 4 is 5.84 Å². The molecule has 4 nitrogen and oxygen atoms in total. The maximum atomic E-state index is 7.75. The molecule has 0 aliphatic rings. The summed E-state index contributed by atoms with van der Waals surface area (Å²) >= 11 is 0. The van der Waals surface area contributed by atoms with Gasteiger partial charge < -0.3 is 0 Å². The van der Waals surface area contributed by atoms with Crippen molar-refractivity contribution in [3.63, 3.8) is 0 Å². The maximum Gasteiger partial charge on any atom is 0.0946 e. The van der Waals surface area contributed by atoms with Gasteiger partial charge in [0.15, 0.2) is 0 Å². The molecule has 0 spiro atoms. The number of hydrogen-bond acceptors (Lipinski definition) is 1. The lowest BCUT2D eigenvalue weighted by Crippen LogP contribution is -1.77. The van der Waals surface area contributed by atoms with Crippen molar-refractivity contribution in [2.45, 2.75) is 6.92 Å². The molecule has 0 atom stereocenters. The van der Waals surface area contributed by atoms with Gasteiger partial charge in [0, 0.05) is 12.0 Å². The van der Waals surface area contributed by atoms with E-state index in [9.17, 15) is 0 Å². The Balaban J connectivity index is 3.82. The van der Waals surface area contributed by atoms with Gasteiger partial charge in [-0.2, -0.15) is 0 Å². The highest BCUT2D eigenvalue weighted by Crippen LogP contribution is 1.74. The molecular weight excluding hydrogens is 92.1 g/mol. The highest BCUT2D eigenvalue weighted by Gasteiger charge is 1.73. The lowest BCUT2D eigenvalue weighted by atomic mass is 10.7. The second kappa shape index (κ2) is 3.18. The van der Waals surface area contributed by atoms with E-state index < -0.39 is 0 Å². The lowest BCUT2D eigenvalue weighted by molar-refractivity contribution is 1.37. The van der Waals surface area contributed by atoms with E-state index in [0.717, 1.165) is 0 Å². The average Bonchev–Trinajstić information content (AvgIpc) is 1.68. The van der Waals surface area contributed by atoms with E-state index >= 15 is 0 Å². The first-order valence-corrected chi connectivity index (χ1v) is 1.79. The quantitative estimate of drug-likeness (QED) is 0.144. The van der Waals surface area contributed by atoms with Crippen LogP contribution in [0.2, 0.25) is 0 Å². The van der Waals surface area contributed by atoms with E-state index in [2.05, 4.69) is 15.0 Å².